The van der Waals surface area contributed by atoms with E-state index in [1.807, 2.05) is 19.1 Å². The minimum atomic E-state index is -1.02. The normalized spacial score (nSPS) is 29.0. The van der Waals surface area contributed by atoms with E-state index in [9.17, 15) is 19.2 Å². The Morgan fingerprint density at radius 3 is 2.36 bits per heavy atom. The van der Waals surface area contributed by atoms with Crippen LogP contribution in [-0.4, -0.2) is 41.2 Å². The maximum absolute atomic E-state index is 12.8. The molecule has 2 aliphatic carbocycles. The van der Waals surface area contributed by atoms with Crippen LogP contribution in [0.4, 0.5) is 5.69 Å². The van der Waals surface area contributed by atoms with Crippen molar-refractivity contribution in [2.45, 2.75) is 39.2 Å². The number of rotatable bonds is 5. The molecule has 3 fully saturated rings. The number of carbonyl (C=O) groups is 4. The number of anilines is 1. The predicted octanol–water partition coefficient (Wildman–Crippen LogP) is 1.90. The lowest BCUT2D eigenvalue weighted by molar-refractivity contribution is -0.159. The molecule has 2 saturated carbocycles. The van der Waals surface area contributed by atoms with Gasteiger partial charge < -0.3 is 10.1 Å². The van der Waals surface area contributed by atoms with Crippen LogP contribution in [0.5, 0.6) is 0 Å². The minimum absolute atomic E-state index is 0.254. The van der Waals surface area contributed by atoms with Gasteiger partial charge in [0.15, 0.2) is 6.61 Å². The zero-order valence-electron chi connectivity index (χ0n) is 16.0. The molecular formula is C21H24N2O5. The largest absolute Gasteiger partial charge is 0.454 e. The lowest BCUT2D eigenvalue weighted by Crippen LogP contribution is -2.45. The Bertz CT molecular complexity index is 823. The molecule has 1 heterocycles. The zero-order valence-corrected chi connectivity index (χ0v) is 16.0. The first-order chi connectivity index (χ1) is 13.4. The average Bonchev–Trinajstić information content (AvgIpc) is 3.35. The summed E-state index contributed by atoms with van der Waals surface area (Å²) < 4.78 is 5.08. The molecular weight excluding hydrogens is 360 g/mol. The van der Waals surface area contributed by atoms with Crippen molar-refractivity contribution >= 4 is 29.4 Å². The predicted molar refractivity (Wildman–Crippen MR) is 99.9 cm³/mol. The van der Waals surface area contributed by atoms with Crippen LogP contribution in [0.25, 0.3) is 0 Å². The van der Waals surface area contributed by atoms with Crippen molar-refractivity contribution in [3.8, 4) is 0 Å². The van der Waals surface area contributed by atoms with Crippen molar-refractivity contribution in [3.63, 3.8) is 0 Å². The summed E-state index contributed by atoms with van der Waals surface area (Å²) in [4.78, 5) is 51.1. The first kappa shape index (κ1) is 18.7. The molecule has 2 bridgehead atoms. The molecule has 0 aromatic heterocycles. The van der Waals surface area contributed by atoms with Crippen LogP contribution in [0.15, 0.2) is 24.3 Å². The molecule has 4 rings (SSSR count). The van der Waals surface area contributed by atoms with Gasteiger partial charge in [-0.05, 0) is 56.6 Å². The highest BCUT2D eigenvalue weighted by atomic mass is 16.5. The monoisotopic (exact) mass is 384 g/mol. The third-order valence-electron chi connectivity index (χ3n) is 6.45. The van der Waals surface area contributed by atoms with E-state index < -0.39 is 24.5 Å². The third-order valence-corrected chi connectivity index (χ3v) is 6.45. The lowest BCUT2D eigenvalue weighted by atomic mass is 9.81. The molecule has 3 amide bonds. The standard InChI is InChI=1S/C21H24N2O5/c1-11-5-3-4-6-15(11)22-16(24)10-28-21(27)12(2)23-19(25)17-13-7-8-14(9-13)18(17)20(23)26/h3-6,12-14,17-18H,7-10H2,1-2H3,(H,22,24)/t12-,13+,14+,17+,18+/m1/s1. The van der Waals surface area contributed by atoms with Gasteiger partial charge in [0, 0.05) is 5.69 Å². The summed E-state index contributed by atoms with van der Waals surface area (Å²) in [6, 6.07) is 6.25. The van der Waals surface area contributed by atoms with Crippen molar-refractivity contribution in [1.29, 1.82) is 0 Å². The van der Waals surface area contributed by atoms with Gasteiger partial charge in [-0.2, -0.15) is 0 Å². The summed E-state index contributed by atoms with van der Waals surface area (Å²) in [5.41, 5.74) is 1.54. The van der Waals surface area contributed by atoms with Gasteiger partial charge in [0.1, 0.15) is 6.04 Å². The summed E-state index contributed by atoms with van der Waals surface area (Å²) in [5.74, 6) is -1.74. The van der Waals surface area contributed by atoms with Crippen LogP contribution >= 0.6 is 0 Å². The summed E-state index contributed by atoms with van der Waals surface area (Å²) >= 11 is 0. The van der Waals surface area contributed by atoms with Crippen LogP contribution in [0, 0.1) is 30.6 Å². The van der Waals surface area contributed by atoms with Crippen LogP contribution in [0.2, 0.25) is 0 Å². The number of hydrogen-bond acceptors (Lipinski definition) is 5. The molecule has 1 saturated heterocycles. The lowest BCUT2D eigenvalue weighted by Gasteiger charge is -2.23. The van der Waals surface area contributed by atoms with E-state index in [0.717, 1.165) is 29.7 Å². The van der Waals surface area contributed by atoms with Crippen molar-refractivity contribution in [2.75, 3.05) is 11.9 Å². The fourth-order valence-corrected chi connectivity index (χ4v) is 5.08. The number of imide groups is 1. The molecule has 7 heteroatoms. The van der Waals surface area contributed by atoms with E-state index >= 15 is 0 Å². The van der Waals surface area contributed by atoms with Gasteiger partial charge in [-0.25, -0.2) is 4.79 Å². The Labute approximate surface area is 163 Å². The van der Waals surface area contributed by atoms with Gasteiger partial charge in [-0.1, -0.05) is 18.2 Å². The molecule has 1 aromatic rings. The Kier molecular flexibility index (Phi) is 4.69. The summed E-state index contributed by atoms with van der Waals surface area (Å²) in [6.07, 6.45) is 2.91. The summed E-state index contributed by atoms with van der Waals surface area (Å²) in [6.45, 7) is 2.88. The molecule has 1 N–H and O–H groups in total. The second-order valence-electron chi connectivity index (χ2n) is 8.08. The Morgan fingerprint density at radius 2 is 1.75 bits per heavy atom. The Balaban J connectivity index is 1.35. The number of fused-ring (bicyclic) bond motifs is 5. The fourth-order valence-electron chi connectivity index (χ4n) is 5.08. The number of para-hydroxylation sites is 1. The zero-order chi connectivity index (χ0) is 20.0. The number of esters is 1. The molecule has 1 aliphatic heterocycles. The second kappa shape index (κ2) is 7.04. The quantitative estimate of drug-likeness (QED) is 0.618. The van der Waals surface area contributed by atoms with Crippen molar-refractivity contribution < 1.29 is 23.9 Å². The number of carbonyl (C=O) groups excluding carboxylic acids is 4. The number of amides is 3. The van der Waals surface area contributed by atoms with Crippen LogP contribution in [0.3, 0.4) is 0 Å². The number of ether oxygens (including phenoxy) is 1. The van der Waals surface area contributed by atoms with Crippen molar-refractivity contribution in [2.24, 2.45) is 23.7 Å². The van der Waals surface area contributed by atoms with E-state index in [2.05, 4.69) is 5.32 Å². The van der Waals surface area contributed by atoms with Crippen LogP contribution < -0.4 is 5.32 Å². The van der Waals surface area contributed by atoms with E-state index in [1.165, 1.54) is 6.92 Å². The molecule has 5 atom stereocenters. The summed E-state index contributed by atoms with van der Waals surface area (Å²) in [5, 5.41) is 2.68. The average molecular weight is 384 g/mol. The first-order valence-corrected chi connectivity index (χ1v) is 9.77. The molecule has 28 heavy (non-hydrogen) atoms. The number of hydrogen-bond donors (Lipinski definition) is 1. The third kappa shape index (κ3) is 2.99. The van der Waals surface area contributed by atoms with Gasteiger partial charge in [0.2, 0.25) is 11.8 Å². The number of benzene rings is 1. The van der Waals surface area contributed by atoms with E-state index in [0.29, 0.717) is 5.69 Å². The highest BCUT2D eigenvalue weighted by Crippen LogP contribution is 2.56. The SMILES string of the molecule is Cc1ccccc1NC(=O)COC(=O)[C@@H](C)N1C(=O)[C@H]2[C@H]3CC[C@@H](C3)[C@@H]2C1=O. The number of aryl methyl sites for hydroxylation is 1. The Hall–Kier alpha value is -2.70. The smallest absolute Gasteiger partial charge is 0.329 e. The fraction of sp³-hybridized carbons (Fsp3) is 0.524. The van der Waals surface area contributed by atoms with Gasteiger partial charge in [0.05, 0.1) is 11.8 Å². The second-order valence-corrected chi connectivity index (χ2v) is 8.08. The van der Waals surface area contributed by atoms with Gasteiger partial charge in [-0.3, -0.25) is 19.3 Å². The number of likely N-dealkylation sites (tertiary alicyclic amines) is 1. The van der Waals surface area contributed by atoms with E-state index in [-0.39, 0.29) is 35.5 Å². The highest BCUT2D eigenvalue weighted by Gasteiger charge is 2.62. The maximum Gasteiger partial charge on any atom is 0.329 e. The van der Waals surface area contributed by atoms with Gasteiger partial charge >= 0.3 is 5.97 Å². The number of nitrogens with one attached hydrogen (secondary N) is 1. The molecule has 7 nitrogen and oxygen atoms in total. The minimum Gasteiger partial charge on any atom is -0.454 e. The van der Waals surface area contributed by atoms with Gasteiger partial charge in [-0.15, -0.1) is 0 Å². The molecule has 0 unspecified atom stereocenters. The highest BCUT2D eigenvalue weighted by molar-refractivity contribution is 6.08. The topological polar surface area (TPSA) is 92.8 Å². The van der Waals surface area contributed by atoms with Crippen molar-refractivity contribution in [1.82, 2.24) is 4.90 Å². The van der Waals surface area contributed by atoms with E-state index in [1.54, 1.807) is 12.1 Å². The Morgan fingerprint density at radius 1 is 1.14 bits per heavy atom. The first-order valence-electron chi connectivity index (χ1n) is 9.77. The van der Waals surface area contributed by atoms with Gasteiger partial charge in [0.25, 0.3) is 5.91 Å². The summed E-state index contributed by atoms with van der Waals surface area (Å²) in [7, 11) is 0. The molecule has 0 spiro atoms. The van der Waals surface area contributed by atoms with Crippen LogP contribution in [-0.2, 0) is 23.9 Å². The van der Waals surface area contributed by atoms with Crippen LogP contribution in [0.1, 0.15) is 31.7 Å². The molecule has 0 radical (unpaired) electrons. The van der Waals surface area contributed by atoms with Crippen molar-refractivity contribution in [3.05, 3.63) is 29.8 Å². The molecule has 3 aliphatic rings. The van der Waals surface area contributed by atoms with E-state index in [4.69, 9.17) is 4.74 Å². The molecule has 1 aromatic carbocycles. The molecule has 148 valence electrons. The maximum atomic E-state index is 12.8. The number of nitrogens with zero attached hydrogens (tertiary/aromatic N) is 1.